The van der Waals surface area contributed by atoms with Crippen LogP contribution in [0.3, 0.4) is 0 Å². The molecule has 2 heterocycles. The number of aliphatic hydroxyl groups excluding tert-OH is 2. The third kappa shape index (κ3) is 2.03. The molecular weight excluding hydrogens is 306 g/mol. The summed E-state index contributed by atoms with van der Waals surface area (Å²) in [6.45, 7) is 0.747. The number of carbonyl (C=O) groups excluding carboxylic acids is 1. The fourth-order valence-electron chi connectivity index (χ4n) is 4.44. The van der Waals surface area contributed by atoms with Crippen LogP contribution >= 0.6 is 0 Å². The number of imidazole rings is 1. The number of amides is 1. The maximum Gasteiger partial charge on any atom is 0.289 e. The Hall–Kier alpha value is -2.18. The molecule has 2 aromatic rings. The second kappa shape index (κ2) is 5.43. The molecule has 2 aliphatic rings. The number of aliphatic hydroxyl groups is 2. The van der Waals surface area contributed by atoms with Gasteiger partial charge in [0, 0.05) is 44.6 Å². The molecule has 24 heavy (non-hydrogen) atoms. The van der Waals surface area contributed by atoms with Crippen molar-refractivity contribution in [3.63, 3.8) is 0 Å². The van der Waals surface area contributed by atoms with Gasteiger partial charge in [0.15, 0.2) is 5.82 Å². The number of aryl methyl sites for hydroxylation is 1. The predicted molar refractivity (Wildman–Crippen MR) is 87.3 cm³/mol. The van der Waals surface area contributed by atoms with Gasteiger partial charge < -0.3 is 19.7 Å². The molecule has 6 nitrogen and oxygen atoms in total. The minimum Gasteiger partial charge on any atom is -0.396 e. The van der Waals surface area contributed by atoms with Crippen molar-refractivity contribution in [3.05, 3.63) is 54.1 Å². The van der Waals surface area contributed by atoms with Gasteiger partial charge >= 0.3 is 0 Å². The number of β-amino-alcohol motifs (C(OH)–C–C–N with tert-alkyl or cyclic N) is 1. The summed E-state index contributed by atoms with van der Waals surface area (Å²) < 4.78 is 1.69. The summed E-state index contributed by atoms with van der Waals surface area (Å²) in [4.78, 5) is 18.5. The van der Waals surface area contributed by atoms with Crippen molar-refractivity contribution in [3.8, 4) is 0 Å². The van der Waals surface area contributed by atoms with Crippen molar-refractivity contribution in [2.24, 2.45) is 18.4 Å². The van der Waals surface area contributed by atoms with Crippen LogP contribution in [-0.2, 0) is 7.05 Å². The van der Waals surface area contributed by atoms with Crippen LogP contribution in [0.1, 0.15) is 22.1 Å². The third-order valence-corrected chi connectivity index (χ3v) is 5.70. The molecule has 1 saturated carbocycles. The zero-order valence-corrected chi connectivity index (χ0v) is 13.5. The van der Waals surface area contributed by atoms with Gasteiger partial charge in [0.2, 0.25) is 0 Å². The smallest absolute Gasteiger partial charge is 0.289 e. The first kappa shape index (κ1) is 15.4. The van der Waals surface area contributed by atoms with Gasteiger partial charge in [-0.15, -0.1) is 0 Å². The molecule has 2 fully saturated rings. The highest BCUT2D eigenvalue weighted by atomic mass is 16.3. The molecule has 0 radical (unpaired) electrons. The van der Waals surface area contributed by atoms with Crippen LogP contribution in [0.15, 0.2) is 42.7 Å². The van der Waals surface area contributed by atoms with Gasteiger partial charge in [0.1, 0.15) is 0 Å². The Morgan fingerprint density at radius 1 is 1.38 bits per heavy atom. The Morgan fingerprint density at radius 2 is 2.12 bits per heavy atom. The van der Waals surface area contributed by atoms with Crippen LogP contribution in [-0.4, -0.2) is 56.4 Å². The lowest BCUT2D eigenvalue weighted by atomic mass is 9.95. The second-order valence-electron chi connectivity index (χ2n) is 6.85. The number of benzene rings is 1. The van der Waals surface area contributed by atoms with E-state index in [1.165, 1.54) is 0 Å². The molecule has 4 atom stereocenters. The maximum atomic E-state index is 12.7. The molecule has 1 aromatic heterocycles. The summed E-state index contributed by atoms with van der Waals surface area (Å²) in [6, 6.07) is 9.94. The molecular formula is C18H21N3O3. The van der Waals surface area contributed by atoms with E-state index in [-0.39, 0.29) is 30.9 Å². The zero-order valence-electron chi connectivity index (χ0n) is 13.5. The largest absolute Gasteiger partial charge is 0.396 e. The number of carbonyl (C=O) groups is 1. The molecule has 2 N–H and O–H groups in total. The highest BCUT2D eigenvalue weighted by Crippen LogP contribution is 2.68. The highest BCUT2D eigenvalue weighted by molar-refractivity contribution is 5.91. The molecule has 126 valence electrons. The van der Waals surface area contributed by atoms with Crippen molar-refractivity contribution in [2.45, 2.75) is 12.0 Å². The average Bonchev–Trinajstić information content (AvgIpc) is 2.82. The van der Waals surface area contributed by atoms with Crippen molar-refractivity contribution < 1.29 is 15.0 Å². The Balaban J connectivity index is 1.61. The van der Waals surface area contributed by atoms with Crippen LogP contribution in [0.25, 0.3) is 0 Å². The second-order valence-corrected chi connectivity index (χ2v) is 6.85. The van der Waals surface area contributed by atoms with E-state index >= 15 is 0 Å². The molecule has 1 saturated heterocycles. The summed E-state index contributed by atoms with van der Waals surface area (Å²) in [5.41, 5.74) is 0.665. The first-order valence-corrected chi connectivity index (χ1v) is 8.20. The van der Waals surface area contributed by atoms with E-state index in [0.717, 1.165) is 5.56 Å². The predicted octanol–water partition coefficient (Wildman–Crippen LogP) is 0.629. The molecule has 1 aromatic carbocycles. The zero-order chi connectivity index (χ0) is 16.9. The summed E-state index contributed by atoms with van der Waals surface area (Å²) in [5, 5.41) is 20.5. The monoisotopic (exact) mass is 327 g/mol. The summed E-state index contributed by atoms with van der Waals surface area (Å²) in [6.07, 6.45) is 2.69. The van der Waals surface area contributed by atoms with Crippen molar-refractivity contribution in [1.29, 1.82) is 0 Å². The minimum absolute atomic E-state index is 0.0149. The number of aromatic nitrogens is 2. The number of hydrogen-bond acceptors (Lipinski definition) is 4. The van der Waals surface area contributed by atoms with Crippen molar-refractivity contribution >= 4 is 5.91 Å². The number of hydrogen-bond donors (Lipinski definition) is 2. The average molecular weight is 327 g/mol. The Morgan fingerprint density at radius 3 is 2.75 bits per heavy atom. The fourth-order valence-corrected chi connectivity index (χ4v) is 4.44. The molecule has 0 unspecified atom stereocenters. The number of likely N-dealkylation sites (tertiary alicyclic amines) is 1. The van der Waals surface area contributed by atoms with Crippen LogP contribution in [0.2, 0.25) is 0 Å². The summed E-state index contributed by atoms with van der Waals surface area (Å²) >= 11 is 0. The van der Waals surface area contributed by atoms with E-state index in [0.29, 0.717) is 12.4 Å². The molecule has 4 rings (SSSR count). The molecule has 1 amide bonds. The molecule has 1 aliphatic carbocycles. The Kier molecular flexibility index (Phi) is 3.47. The molecule has 1 spiro atoms. The summed E-state index contributed by atoms with van der Waals surface area (Å²) in [7, 11) is 1.78. The van der Waals surface area contributed by atoms with E-state index in [4.69, 9.17) is 0 Å². The topological polar surface area (TPSA) is 78.6 Å². The molecule has 6 heteroatoms. The molecule has 0 bridgehead atoms. The lowest BCUT2D eigenvalue weighted by molar-refractivity contribution is 0.0748. The Bertz CT molecular complexity index is 760. The van der Waals surface area contributed by atoms with E-state index in [1.807, 2.05) is 30.3 Å². The van der Waals surface area contributed by atoms with E-state index in [2.05, 4.69) is 4.98 Å². The SMILES string of the molecule is Cn1ccnc1C(=O)N1C[C@H](O)[C@@]2(C1)[C@H](CO)[C@H]2c1ccccc1. The van der Waals surface area contributed by atoms with Crippen molar-refractivity contribution in [2.75, 3.05) is 19.7 Å². The lowest BCUT2D eigenvalue weighted by Gasteiger charge is -2.16. The first-order valence-electron chi connectivity index (χ1n) is 8.20. The van der Waals surface area contributed by atoms with Crippen LogP contribution in [0.4, 0.5) is 0 Å². The van der Waals surface area contributed by atoms with Gasteiger partial charge in [-0.25, -0.2) is 4.98 Å². The van der Waals surface area contributed by atoms with Gasteiger partial charge in [-0.3, -0.25) is 4.79 Å². The van der Waals surface area contributed by atoms with Crippen molar-refractivity contribution in [1.82, 2.24) is 14.5 Å². The fraction of sp³-hybridized carbons (Fsp3) is 0.444. The number of nitrogens with zero attached hydrogens (tertiary/aromatic N) is 3. The summed E-state index contributed by atoms with van der Waals surface area (Å²) in [5.74, 6) is 0.262. The Labute approximate surface area is 140 Å². The number of rotatable bonds is 3. The van der Waals surface area contributed by atoms with Gasteiger partial charge in [0.25, 0.3) is 5.91 Å². The molecule has 1 aliphatic heterocycles. The quantitative estimate of drug-likeness (QED) is 0.867. The van der Waals surface area contributed by atoms with E-state index in [1.54, 1.807) is 28.9 Å². The third-order valence-electron chi connectivity index (χ3n) is 5.70. The van der Waals surface area contributed by atoms with E-state index < -0.39 is 11.5 Å². The van der Waals surface area contributed by atoms with Crippen LogP contribution in [0, 0.1) is 11.3 Å². The van der Waals surface area contributed by atoms with Gasteiger partial charge in [0.05, 0.1) is 6.10 Å². The minimum atomic E-state index is -0.635. The van der Waals surface area contributed by atoms with Gasteiger partial charge in [-0.05, 0) is 17.4 Å². The van der Waals surface area contributed by atoms with Crippen LogP contribution < -0.4 is 0 Å². The standard InChI is InChI=1S/C18H21N3O3/c1-20-8-7-19-16(20)17(24)21-9-14(23)18(11-21)13(10-22)15(18)12-5-3-2-4-6-12/h2-8,13-15,22-23H,9-11H2,1H3/t13-,14+,15-,18-/m1/s1. The van der Waals surface area contributed by atoms with Gasteiger partial charge in [-0.2, -0.15) is 0 Å². The maximum absolute atomic E-state index is 12.7. The van der Waals surface area contributed by atoms with Crippen LogP contribution in [0.5, 0.6) is 0 Å². The lowest BCUT2D eigenvalue weighted by Crippen LogP contribution is -2.31. The van der Waals surface area contributed by atoms with Gasteiger partial charge in [-0.1, -0.05) is 30.3 Å². The first-order chi connectivity index (χ1) is 11.6. The van der Waals surface area contributed by atoms with E-state index in [9.17, 15) is 15.0 Å². The highest BCUT2D eigenvalue weighted by Gasteiger charge is 2.71. The normalized spacial score (nSPS) is 31.6.